The fraction of sp³-hybridized carbons (Fsp3) is 0.429. The molecule has 0 bridgehead atoms. The van der Waals surface area contributed by atoms with Gasteiger partial charge in [-0.2, -0.15) is 4.68 Å². The van der Waals surface area contributed by atoms with Gasteiger partial charge in [0.15, 0.2) is 0 Å². The molecule has 0 radical (unpaired) electrons. The number of hydrogen-bond acceptors (Lipinski definition) is 5. The fourth-order valence-corrected chi connectivity index (χ4v) is 3.02. The van der Waals surface area contributed by atoms with Crippen molar-refractivity contribution in [2.24, 2.45) is 0 Å². The number of amides is 2. The van der Waals surface area contributed by atoms with Crippen LogP contribution < -0.4 is 10.2 Å². The Morgan fingerprint density at radius 3 is 2.86 bits per heavy atom. The Bertz CT molecular complexity index is 695. The number of nitrogens with one attached hydrogen (secondary N) is 1. The van der Waals surface area contributed by atoms with Crippen molar-refractivity contribution >= 4 is 12.0 Å². The van der Waals surface area contributed by atoms with E-state index in [0.717, 1.165) is 24.7 Å². The molecular formula is C14H17N7O. The zero-order valence-corrected chi connectivity index (χ0v) is 12.3. The minimum absolute atomic E-state index is 0.0303. The molecule has 3 heterocycles. The number of carbonyl (C=O) groups excluding carboxylic acids is 1. The summed E-state index contributed by atoms with van der Waals surface area (Å²) in [5, 5.41) is 15.0. The van der Waals surface area contributed by atoms with E-state index in [9.17, 15) is 4.79 Å². The molecule has 114 valence electrons. The van der Waals surface area contributed by atoms with E-state index in [-0.39, 0.29) is 12.1 Å². The van der Waals surface area contributed by atoms with Crippen LogP contribution in [0.4, 0.5) is 10.7 Å². The van der Waals surface area contributed by atoms with E-state index >= 15 is 0 Å². The van der Waals surface area contributed by atoms with Crippen molar-refractivity contribution in [1.82, 2.24) is 30.4 Å². The summed E-state index contributed by atoms with van der Waals surface area (Å²) in [4.78, 5) is 15.7. The highest BCUT2D eigenvalue weighted by atomic mass is 16.2. The van der Waals surface area contributed by atoms with E-state index < -0.39 is 0 Å². The van der Waals surface area contributed by atoms with Gasteiger partial charge in [0.25, 0.3) is 5.95 Å². The number of fused-ring (bicyclic) bond motifs is 1. The summed E-state index contributed by atoms with van der Waals surface area (Å²) >= 11 is 0. The summed E-state index contributed by atoms with van der Waals surface area (Å²) in [5.74, 6) is 0.725. The lowest BCUT2D eigenvalue weighted by atomic mass is 10.2. The van der Waals surface area contributed by atoms with Gasteiger partial charge in [0.2, 0.25) is 0 Å². The van der Waals surface area contributed by atoms with Crippen LogP contribution in [0.3, 0.4) is 0 Å². The molecule has 8 nitrogen and oxygen atoms in total. The van der Waals surface area contributed by atoms with Gasteiger partial charge < -0.3 is 15.1 Å². The van der Waals surface area contributed by atoms with Gasteiger partial charge in [-0.3, -0.25) is 0 Å². The number of rotatable bonds is 2. The maximum atomic E-state index is 11.7. The molecule has 1 N–H and O–H groups in total. The predicted octanol–water partition coefficient (Wildman–Crippen LogP) is 0.185. The third kappa shape index (κ3) is 2.07. The summed E-state index contributed by atoms with van der Waals surface area (Å²) < 4.78 is 1.75. The van der Waals surface area contributed by atoms with E-state index in [1.807, 2.05) is 36.1 Å². The number of tetrazole rings is 1. The van der Waals surface area contributed by atoms with Gasteiger partial charge in [-0.15, -0.1) is 0 Å². The van der Waals surface area contributed by atoms with Crippen LogP contribution in [0.15, 0.2) is 24.3 Å². The molecule has 1 atom stereocenters. The third-order valence-electron chi connectivity index (χ3n) is 4.25. The standard InChI is InChI=1S/C14H17N7O/c1-10-2-4-11(5-3-10)21-13(16-17-18-21)19-6-7-20-12(9-19)8-15-14(20)22/h2-5,12H,6-9H2,1H3,(H,15,22). The lowest BCUT2D eigenvalue weighted by molar-refractivity contribution is 0.197. The molecule has 1 aromatic heterocycles. The van der Waals surface area contributed by atoms with E-state index in [0.29, 0.717) is 13.1 Å². The number of aromatic nitrogens is 4. The predicted molar refractivity (Wildman–Crippen MR) is 80.0 cm³/mol. The quantitative estimate of drug-likeness (QED) is 0.856. The molecule has 2 aliphatic heterocycles. The topological polar surface area (TPSA) is 79.2 Å². The highest BCUT2D eigenvalue weighted by Gasteiger charge is 2.36. The SMILES string of the molecule is Cc1ccc(-n2nnnc2N2CCN3C(=O)NCC3C2)cc1. The van der Waals surface area contributed by atoms with Crippen LogP contribution >= 0.6 is 0 Å². The minimum atomic E-state index is 0.0303. The lowest BCUT2D eigenvalue weighted by Crippen LogP contribution is -2.52. The van der Waals surface area contributed by atoms with Crippen LogP contribution in [-0.4, -0.2) is 63.4 Å². The van der Waals surface area contributed by atoms with Gasteiger partial charge in [0.05, 0.1) is 11.7 Å². The highest BCUT2D eigenvalue weighted by Crippen LogP contribution is 2.21. The molecule has 0 spiro atoms. The largest absolute Gasteiger partial charge is 0.336 e. The first-order valence-corrected chi connectivity index (χ1v) is 7.37. The van der Waals surface area contributed by atoms with Crippen molar-refractivity contribution in [1.29, 1.82) is 0 Å². The number of anilines is 1. The first-order chi connectivity index (χ1) is 10.7. The summed E-state index contributed by atoms with van der Waals surface area (Å²) in [7, 11) is 0. The van der Waals surface area contributed by atoms with E-state index in [1.165, 1.54) is 5.56 Å². The van der Waals surface area contributed by atoms with Gasteiger partial charge in [-0.25, -0.2) is 4.79 Å². The molecule has 2 aromatic rings. The number of hydrogen-bond donors (Lipinski definition) is 1. The molecule has 2 aliphatic rings. The Morgan fingerprint density at radius 2 is 2.05 bits per heavy atom. The van der Waals surface area contributed by atoms with E-state index in [4.69, 9.17) is 0 Å². The molecule has 0 aliphatic carbocycles. The molecule has 2 fully saturated rings. The van der Waals surface area contributed by atoms with Crippen LogP contribution in [0.5, 0.6) is 0 Å². The van der Waals surface area contributed by atoms with Gasteiger partial charge in [0.1, 0.15) is 0 Å². The molecule has 1 unspecified atom stereocenters. The van der Waals surface area contributed by atoms with Crippen LogP contribution in [0, 0.1) is 6.92 Å². The first kappa shape index (κ1) is 13.1. The van der Waals surface area contributed by atoms with Gasteiger partial charge in [0, 0.05) is 26.2 Å². The maximum absolute atomic E-state index is 11.7. The van der Waals surface area contributed by atoms with E-state index in [2.05, 4.69) is 25.7 Å². The third-order valence-corrected chi connectivity index (χ3v) is 4.25. The van der Waals surface area contributed by atoms with Crippen LogP contribution in [0.25, 0.3) is 5.69 Å². The van der Waals surface area contributed by atoms with Crippen LogP contribution in [-0.2, 0) is 0 Å². The van der Waals surface area contributed by atoms with Gasteiger partial charge >= 0.3 is 6.03 Å². The van der Waals surface area contributed by atoms with Crippen molar-refractivity contribution in [2.45, 2.75) is 13.0 Å². The second kappa shape index (κ2) is 4.97. The van der Waals surface area contributed by atoms with Crippen molar-refractivity contribution < 1.29 is 4.79 Å². The van der Waals surface area contributed by atoms with Crippen molar-refractivity contribution in [2.75, 3.05) is 31.1 Å². The van der Waals surface area contributed by atoms with Crippen molar-refractivity contribution in [3.8, 4) is 5.69 Å². The number of urea groups is 1. The molecule has 4 rings (SSSR count). The maximum Gasteiger partial charge on any atom is 0.317 e. The number of nitrogens with zero attached hydrogens (tertiary/aromatic N) is 6. The number of benzene rings is 1. The average molecular weight is 299 g/mol. The number of aryl methyl sites for hydroxylation is 1. The second-order valence-electron chi connectivity index (χ2n) is 5.71. The zero-order chi connectivity index (χ0) is 15.1. The Hall–Kier alpha value is -2.64. The normalized spacial score (nSPS) is 21.0. The van der Waals surface area contributed by atoms with Gasteiger partial charge in [-0.05, 0) is 29.5 Å². The highest BCUT2D eigenvalue weighted by molar-refractivity contribution is 5.77. The van der Waals surface area contributed by atoms with Crippen molar-refractivity contribution in [3.05, 3.63) is 29.8 Å². The summed E-state index contributed by atoms with van der Waals surface area (Å²) in [5.41, 5.74) is 2.14. The number of piperazine rings is 1. The summed E-state index contributed by atoms with van der Waals surface area (Å²) in [6.45, 7) is 4.90. The summed E-state index contributed by atoms with van der Waals surface area (Å²) in [6, 6.07) is 8.31. The first-order valence-electron chi connectivity index (χ1n) is 7.37. The number of carbonyl (C=O) groups is 1. The van der Waals surface area contributed by atoms with Crippen LogP contribution in [0.1, 0.15) is 5.56 Å². The smallest absolute Gasteiger partial charge is 0.317 e. The Balaban J connectivity index is 1.60. The molecule has 2 amide bonds. The van der Waals surface area contributed by atoms with E-state index in [1.54, 1.807) is 4.68 Å². The zero-order valence-electron chi connectivity index (χ0n) is 12.3. The lowest BCUT2D eigenvalue weighted by Gasteiger charge is -2.36. The minimum Gasteiger partial charge on any atom is -0.336 e. The second-order valence-corrected chi connectivity index (χ2v) is 5.71. The van der Waals surface area contributed by atoms with Crippen LogP contribution in [0.2, 0.25) is 0 Å². The van der Waals surface area contributed by atoms with Crippen molar-refractivity contribution in [3.63, 3.8) is 0 Å². The average Bonchev–Trinajstić information content (AvgIpc) is 3.15. The molecule has 22 heavy (non-hydrogen) atoms. The molecule has 0 saturated carbocycles. The van der Waals surface area contributed by atoms with Gasteiger partial charge in [-0.1, -0.05) is 22.8 Å². The molecule has 2 saturated heterocycles. The Kier molecular flexibility index (Phi) is 2.95. The molecule has 1 aromatic carbocycles. The summed E-state index contributed by atoms with van der Waals surface area (Å²) in [6.07, 6.45) is 0. The molecular weight excluding hydrogens is 282 g/mol. The Morgan fingerprint density at radius 1 is 1.23 bits per heavy atom. The monoisotopic (exact) mass is 299 g/mol. The molecule has 8 heteroatoms. The fourth-order valence-electron chi connectivity index (χ4n) is 3.02. The Labute approximate surface area is 127 Å².